The van der Waals surface area contributed by atoms with Gasteiger partial charge in [0.05, 0.1) is 6.61 Å². The van der Waals surface area contributed by atoms with E-state index in [1.54, 1.807) is 0 Å². The predicted octanol–water partition coefficient (Wildman–Crippen LogP) is 2.60. The van der Waals surface area contributed by atoms with E-state index in [1.807, 2.05) is 7.11 Å². The van der Waals surface area contributed by atoms with Crippen LogP contribution in [0.2, 0.25) is 0 Å². The molecule has 0 unspecified atom stereocenters. The highest BCUT2D eigenvalue weighted by atomic mass is 16.5. The molecule has 0 atom stereocenters. The van der Waals surface area contributed by atoms with Crippen molar-refractivity contribution in [1.29, 1.82) is 0 Å². The minimum absolute atomic E-state index is 0.564. The minimum atomic E-state index is 0.564. The van der Waals surface area contributed by atoms with Gasteiger partial charge >= 0.3 is 0 Å². The topological polar surface area (TPSA) is 9.23 Å². The summed E-state index contributed by atoms with van der Waals surface area (Å²) >= 11 is 0. The molecule has 1 saturated carbocycles. The standard InChI is InChI=1S/C9H18O/c1-3-9(8-10-2)6-4-5-7-9/h3-8H2,1-2H3. The van der Waals surface area contributed by atoms with E-state index in [4.69, 9.17) is 4.74 Å². The zero-order valence-electron chi connectivity index (χ0n) is 7.15. The van der Waals surface area contributed by atoms with Crippen LogP contribution in [0.25, 0.3) is 0 Å². The summed E-state index contributed by atoms with van der Waals surface area (Å²) in [5.41, 5.74) is 0.564. The molecule has 1 fully saturated rings. The lowest BCUT2D eigenvalue weighted by atomic mass is 9.84. The highest BCUT2D eigenvalue weighted by Gasteiger charge is 2.31. The zero-order chi connectivity index (χ0) is 7.45. The van der Waals surface area contributed by atoms with Crippen LogP contribution in [0.15, 0.2) is 0 Å². The predicted molar refractivity (Wildman–Crippen MR) is 43.1 cm³/mol. The Morgan fingerprint density at radius 3 is 2.30 bits per heavy atom. The first-order chi connectivity index (χ1) is 4.83. The Morgan fingerprint density at radius 2 is 1.90 bits per heavy atom. The monoisotopic (exact) mass is 142 g/mol. The third-order valence-corrected chi connectivity index (χ3v) is 2.86. The third-order valence-electron chi connectivity index (χ3n) is 2.86. The van der Waals surface area contributed by atoms with E-state index in [9.17, 15) is 0 Å². The van der Waals surface area contributed by atoms with Gasteiger partial charge in [0.1, 0.15) is 0 Å². The summed E-state index contributed by atoms with van der Waals surface area (Å²) in [5.74, 6) is 0. The zero-order valence-corrected chi connectivity index (χ0v) is 7.15. The van der Waals surface area contributed by atoms with Crippen LogP contribution in [0, 0.1) is 5.41 Å². The van der Waals surface area contributed by atoms with E-state index < -0.39 is 0 Å². The first kappa shape index (κ1) is 8.06. The fourth-order valence-electron chi connectivity index (χ4n) is 2.03. The van der Waals surface area contributed by atoms with Crippen LogP contribution in [-0.4, -0.2) is 13.7 Å². The van der Waals surface area contributed by atoms with Gasteiger partial charge in [-0.05, 0) is 24.7 Å². The van der Waals surface area contributed by atoms with E-state index in [-0.39, 0.29) is 0 Å². The first-order valence-corrected chi connectivity index (χ1v) is 4.32. The maximum Gasteiger partial charge on any atom is 0.0518 e. The molecule has 0 aromatic carbocycles. The Hall–Kier alpha value is -0.0400. The largest absolute Gasteiger partial charge is 0.384 e. The van der Waals surface area contributed by atoms with Gasteiger partial charge in [0, 0.05) is 7.11 Å². The summed E-state index contributed by atoms with van der Waals surface area (Å²) in [6.07, 6.45) is 6.89. The second-order valence-corrected chi connectivity index (χ2v) is 3.49. The number of rotatable bonds is 3. The van der Waals surface area contributed by atoms with E-state index in [0.717, 1.165) is 6.61 Å². The van der Waals surface area contributed by atoms with E-state index in [2.05, 4.69) is 6.92 Å². The smallest absolute Gasteiger partial charge is 0.0518 e. The van der Waals surface area contributed by atoms with Crippen LogP contribution in [-0.2, 0) is 4.74 Å². The minimum Gasteiger partial charge on any atom is -0.384 e. The van der Waals surface area contributed by atoms with Gasteiger partial charge in [-0.15, -0.1) is 0 Å². The Bertz CT molecular complexity index is 92.9. The summed E-state index contributed by atoms with van der Waals surface area (Å²) < 4.78 is 5.22. The molecule has 1 heteroatoms. The number of methoxy groups -OCH3 is 1. The van der Waals surface area contributed by atoms with Crippen LogP contribution in [0.5, 0.6) is 0 Å². The number of ether oxygens (including phenoxy) is 1. The summed E-state index contributed by atoms with van der Waals surface area (Å²) in [6, 6.07) is 0. The van der Waals surface area contributed by atoms with Gasteiger partial charge in [0.25, 0.3) is 0 Å². The van der Waals surface area contributed by atoms with E-state index in [1.165, 1.54) is 32.1 Å². The Kier molecular flexibility index (Phi) is 2.72. The van der Waals surface area contributed by atoms with Gasteiger partial charge < -0.3 is 4.74 Å². The fraction of sp³-hybridized carbons (Fsp3) is 1.00. The first-order valence-electron chi connectivity index (χ1n) is 4.32. The van der Waals surface area contributed by atoms with Gasteiger partial charge in [-0.3, -0.25) is 0 Å². The highest BCUT2D eigenvalue weighted by Crippen LogP contribution is 2.40. The third kappa shape index (κ3) is 1.51. The highest BCUT2D eigenvalue weighted by molar-refractivity contribution is 4.82. The molecule has 1 aliphatic carbocycles. The Labute approximate surface area is 63.8 Å². The fourth-order valence-corrected chi connectivity index (χ4v) is 2.03. The van der Waals surface area contributed by atoms with Crippen LogP contribution in [0.1, 0.15) is 39.0 Å². The van der Waals surface area contributed by atoms with Gasteiger partial charge in [-0.2, -0.15) is 0 Å². The second-order valence-electron chi connectivity index (χ2n) is 3.49. The van der Waals surface area contributed by atoms with Crippen molar-refractivity contribution >= 4 is 0 Å². The van der Waals surface area contributed by atoms with Crippen molar-refractivity contribution in [3.63, 3.8) is 0 Å². The Balaban J connectivity index is 2.41. The van der Waals surface area contributed by atoms with Crippen LogP contribution in [0.4, 0.5) is 0 Å². The van der Waals surface area contributed by atoms with Crippen molar-refractivity contribution in [3.8, 4) is 0 Å². The molecule has 0 aromatic heterocycles. The molecule has 1 nitrogen and oxygen atoms in total. The molecule has 0 aromatic rings. The molecule has 0 heterocycles. The molecular weight excluding hydrogens is 124 g/mol. The molecule has 60 valence electrons. The van der Waals surface area contributed by atoms with Crippen molar-refractivity contribution in [1.82, 2.24) is 0 Å². The molecule has 1 rings (SSSR count). The normalized spacial score (nSPS) is 23.4. The van der Waals surface area contributed by atoms with Crippen molar-refractivity contribution < 1.29 is 4.74 Å². The number of hydrogen-bond donors (Lipinski definition) is 0. The molecule has 0 aliphatic heterocycles. The summed E-state index contributed by atoms with van der Waals surface area (Å²) in [6.45, 7) is 3.26. The van der Waals surface area contributed by atoms with Gasteiger partial charge in [0.2, 0.25) is 0 Å². The second kappa shape index (κ2) is 3.38. The van der Waals surface area contributed by atoms with Crippen molar-refractivity contribution in [2.75, 3.05) is 13.7 Å². The van der Waals surface area contributed by atoms with Crippen molar-refractivity contribution in [3.05, 3.63) is 0 Å². The lowest BCUT2D eigenvalue weighted by Gasteiger charge is -2.25. The van der Waals surface area contributed by atoms with Gasteiger partial charge in [-0.25, -0.2) is 0 Å². The molecule has 0 radical (unpaired) electrons. The Morgan fingerprint density at radius 1 is 1.30 bits per heavy atom. The quantitative estimate of drug-likeness (QED) is 0.588. The maximum atomic E-state index is 5.22. The molecular formula is C9H18O. The van der Waals surface area contributed by atoms with Gasteiger partial charge in [-0.1, -0.05) is 19.8 Å². The van der Waals surface area contributed by atoms with Gasteiger partial charge in [0.15, 0.2) is 0 Å². The SMILES string of the molecule is CCC1(COC)CCCC1. The van der Waals surface area contributed by atoms with E-state index >= 15 is 0 Å². The maximum absolute atomic E-state index is 5.22. The summed E-state index contributed by atoms with van der Waals surface area (Å²) in [4.78, 5) is 0. The lowest BCUT2D eigenvalue weighted by Crippen LogP contribution is -2.21. The molecule has 1 aliphatic rings. The van der Waals surface area contributed by atoms with Crippen molar-refractivity contribution in [2.24, 2.45) is 5.41 Å². The van der Waals surface area contributed by atoms with Crippen LogP contribution < -0.4 is 0 Å². The molecule has 0 spiro atoms. The number of hydrogen-bond acceptors (Lipinski definition) is 1. The molecule has 0 saturated heterocycles. The van der Waals surface area contributed by atoms with Crippen LogP contribution in [0.3, 0.4) is 0 Å². The summed E-state index contributed by atoms with van der Waals surface area (Å²) in [7, 11) is 1.82. The lowest BCUT2D eigenvalue weighted by molar-refractivity contribution is 0.0804. The molecule has 0 amide bonds. The molecule has 10 heavy (non-hydrogen) atoms. The molecule has 0 bridgehead atoms. The van der Waals surface area contributed by atoms with Crippen LogP contribution >= 0.6 is 0 Å². The average Bonchev–Trinajstić information content (AvgIpc) is 2.39. The molecule has 0 N–H and O–H groups in total. The summed E-state index contributed by atoms with van der Waals surface area (Å²) in [5, 5.41) is 0. The van der Waals surface area contributed by atoms with E-state index in [0.29, 0.717) is 5.41 Å². The van der Waals surface area contributed by atoms with Crippen molar-refractivity contribution in [2.45, 2.75) is 39.0 Å². The average molecular weight is 142 g/mol.